The lowest BCUT2D eigenvalue weighted by Crippen LogP contribution is -2.48. The monoisotopic (exact) mass is 329 g/mol. The minimum Gasteiger partial charge on any atom is -0.480 e. The Kier molecular flexibility index (Phi) is 5.48. The summed E-state index contributed by atoms with van der Waals surface area (Å²) in [5.41, 5.74) is -1.12. The number of hydrogen-bond acceptors (Lipinski definition) is 5. The number of benzene rings is 1. The number of aliphatic carboxylic acids is 2. The second-order valence-corrected chi connectivity index (χ2v) is 4.82. The van der Waals surface area contributed by atoms with Gasteiger partial charge in [-0.1, -0.05) is 18.2 Å². The van der Waals surface area contributed by atoms with Crippen LogP contribution in [0.2, 0.25) is 0 Å². The normalized spacial score (nSPS) is 22.3. The first-order valence-corrected chi connectivity index (χ1v) is 6.22. The van der Waals surface area contributed by atoms with Crippen LogP contribution < -0.4 is 16.2 Å². The number of amides is 1. The van der Waals surface area contributed by atoms with Crippen LogP contribution in [-0.2, 0) is 14.4 Å². The molecule has 0 aromatic heterocycles. The van der Waals surface area contributed by atoms with Crippen molar-refractivity contribution < 1.29 is 24.6 Å². The van der Waals surface area contributed by atoms with Gasteiger partial charge in [-0.05, 0) is 18.6 Å². The molecule has 2 unspecified atom stereocenters. The van der Waals surface area contributed by atoms with E-state index < -0.39 is 35.8 Å². The molecule has 1 aliphatic rings. The summed E-state index contributed by atoms with van der Waals surface area (Å²) in [4.78, 5) is 34.1. The maximum absolute atomic E-state index is 12.2. The molecular formula is C13H16ClN3O5. The molecule has 2 atom stereocenters. The number of hydrazine groups is 1. The van der Waals surface area contributed by atoms with Crippen LogP contribution in [0.15, 0.2) is 30.3 Å². The molecule has 0 heterocycles. The Morgan fingerprint density at radius 3 is 2.36 bits per heavy atom. The highest BCUT2D eigenvalue weighted by Gasteiger charge is 2.65. The Morgan fingerprint density at radius 2 is 1.86 bits per heavy atom. The van der Waals surface area contributed by atoms with E-state index in [1.807, 2.05) is 0 Å². The molecule has 1 amide bonds. The van der Waals surface area contributed by atoms with E-state index in [9.17, 15) is 19.5 Å². The number of carbonyl (C=O) groups is 3. The van der Waals surface area contributed by atoms with Crippen LogP contribution in [0.25, 0.3) is 0 Å². The van der Waals surface area contributed by atoms with Crippen LogP contribution in [0.5, 0.6) is 0 Å². The summed E-state index contributed by atoms with van der Waals surface area (Å²) >= 11 is 0. The second-order valence-electron chi connectivity index (χ2n) is 4.82. The van der Waals surface area contributed by atoms with E-state index in [-0.39, 0.29) is 18.8 Å². The van der Waals surface area contributed by atoms with E-state index in [2.05, 4.69) is 5.32 Å². The van der Waals surface area contributed by atoms with Gasteiger partial charge in [-0.2, -0.15) is 0 Å². The van der Waals surface area contributed by atoms with E-state index in [1.54, 1.807) is 30.3 Å². The summed E-state index contributed by atoms with van der Waals surface area (Å²) < 4.78 is 0. The Balaban J connectivity index is 0.00000242. The maximum atomic E-state index is 12.2. The second kappa shape index (κ2) is 6.73. The highest BCUT2D eigenvalue weighted by molar-refractivity contribution is 6.03. The molecule has 120 valence electrons. The molecule has 9 heteroatoms. The number of nitrogens with zero attached hydrogens (tertiary/aromatic N) is 1. The number of carbonyl (C=O) groups excluding carboxylic acids is 1. The number of anilines is 1. The average Bonchev–Trinajstić information content (AvgIpc) is 3.20. The maximum Gasteiger partial charge on any atom is 0.324 e. The molecule has 0 spiro atoms. The average molecular weight is 330 g/mol. The lowest BCUT2D eigenvalue weighted by atomic mass is 10.2. The van der Waals surface area contributed by atoms with Gasteiger partial charge >= 0.3 is 11.9 Å². The Hall–Kier alpha value is -2.16. The molecule has 0 aliphatic heterocycles. The lowest BCUT2D eigenvalue weighted by molar-refractivity contribution is -0.143. The number of carboxylic acid groups (broad SMARTS) is 2. The van der Waals surface area contributed by atoms with Gasteiger partial charge in [-0.15, -0.1) is 12.4 Å². The molecule has 0 bridgehead atoms. The van der Waals surface area contributed by atoms with Crippen molar-refractivity contribution in [3.8, 4) is 0 Å². The van der Waals surface area contributed by atoms with Crippen LogP contribution in [0.4, 0.5) is 5.69 Å². The third kappa shape index (κ3) is 3.35. The molecule has 2 rings (SSSR count). The molecule has 1 saturated carbocycles. The molecular weight excluding hydrogens is 314 g/mol. The van der Waals surface area contributed by atoms with Gasteiger partial charge in [0.2, 0.25) is 5.91 Å². The summed E-state index contributed by atoms with van der Waals surface area (Å²) in [7, 11) is 0. The van der Waals surface area contributed by atoms with Crippen LogP contribution >= 0.6 is 12.4 Å². The molecule has 1 aromatic carbocycles. The fraction of sp³-hybridized carbons (Fsp3) is 0.308. The van der Waals surface area contributed by atoms with Crippen molar-refractivity contribution in [2.24, 2.45) is 11.8 Å². The SMILES string of the molecule is Cl.NN(C(=O)C1CC1(NCC(=O)O)C(=O)O)c1ccccc1. The Morgan fingerprint density at radius 1 is 1.27 bits per heavy atom. The number of nitrogens with two attached hydrogens (primary N) is 1. The molecule has 0 radical (unpaired) electrons. The fourth-order valence-electron chi connectivity index (χ4n) is 2.19. The summed E-state index contributed by atoms with van der Waals surface area (Å²) in [5, 5.41) is 21.1. The summed E-state index contributed by atoms with van der Waals surface area (Å²) in [6.45, 7) is -0.536. The van der Waals surface area contributed by atoms with E-state index in [0.29, 0.717) is 5.69 Å². The van der Waals surface area contributed by atoms with Gasteiger partial charge < -0.3 is 10.2 Å². The number of para-hydroxylation sites is 1. The first-order chi connectivity index (χ1) is 9.88. The van der Waals surface area contributed by atoms with Crippen LogP contribution in [0, 0.1) is 5.92 Å². The number of nitrogens with one attached hydrogen (secondary N) is 1. The van der Waals surface area contributed by atoms with Crippen molar-refractivity contribution in [1.82, 2.24) is 5.32 Å². The summed E-state index contributed by atoms with van der Waals surface area (Å²) in [5.74, 6) is 1.79. The van der Waals surface area contributed by atoms with Gasteiger partial charge in [0.25, 0.3) is 0 Å². The van der Waals surface area contributed by atoms with Crippen LogP contribution in [0.1, 0.15) is 6.42 Å². The highest BCUT2D eigenvalue weighted by Crippen LogP contribution is 2.45. The summed E-state index contributed by atoms with van der Waals surface area (Å²) in [6, 6.07) is 8.39. The van der Waals surface area contributed by atoms with E-state index in [4.69, 9.17) is 10.9 Å². The molecule has 1 aromatic rings. The van der Waals surface area contributed by atoms with Crippen molar-refractivity contribution in [2.45, 2.75) is 12.0 Å². The van der Waals surface area contributed by atoms with Gasteiger partial charge in [-0.25, -0.2) is 10.9 Å². The van der Waals surface area contributed by atoms with Crippen LogP contribution in [-0.4, -0.2) is 40.1 Å². The largest absolute Gasteiger partial charge is 0.480 e. The van der Waals surface area contributed by atoms with Gasteiger partial charge in [0.15, 0.2) is 0 Å². The predicted octanol–water partition coefficient (Wildman–Crippen LogP) is -0.167. The fourth-order valence-corrected chi connectivity index (χ4v) is 2.19. The topological polar surface area (TPSA) is 133 Å². The standard InChI is InChI=1S/C13H15N3O5.ClH/c14-16(8-4-2-1-3-5-8)11(19)9-6-13(9,12(20)21)15-7-10(17)18;/h1-5,9,15H,6-7,14H2,(H,17,18)(H,20,21);1H. The van der Waals surface area contributed by atoms with Gasteiger partial charge in [0.05, 0.1) is 18.2 Å². The van der Waals surface area contributed by atoms with E-state index in [1.165, 1.54) is 0 Å². The number of halogens is 1. The highest BCUT2D eigenvalue weighted by atomic mass is 35.5. The third-order valence-electron chi connectivity index (χ3n) is 3.47. The Labute approximate surface area is 132 Å². The zero-order valence-electron chi connectivity index (χ0n) is 11.4. The molecule has 1 aliphatic carbocycles. The van der Waals surface area contributed by atoms with E-state index in [0.717, 1.165) is 5.01 Å². The quantitative estimate of drug-likeness (QED) is 0.323. The van der Waals surface area contributed by atoms with Crippen LogP contribution in [0.3, 0.4) is 0 Å². The first-order valence-electron chi connectivity index (χ1n) is 6.22. The Bertz CT molecular complexity index is 582. The smallest absolute Gasteiger partial charge is 0.324 e. The minimum atomic E-state index is -1.55. The van der Waals surface area contributed by atoms with Crippen molar-refractivity contribution >= 4 is 35.9 Å². The predicted molar refractivity (Wildman–Crippen MR) is 79.5 cm³/mol. The van der Waals surface area contributed by atoms with Crippen molar-refractivity contribution in [3.63, 3.8) is 0 Å². The number of rotatable bonds is 6. The number of carboxylic acids is 2. The van der Waals surface area contributed by atoms with Gasteiger partial charge in [0, 0.05) is 0 Å². The van der Waals surface area contributed by atoms with Gasteiger partial charge in [-0.3, -0.25) is 19.7 Å². The minimum absolute atomic E-state index is 0. The zero-order valence-corrected chi connectivity index (χ0v) is 12.2. The summed E-state index contributed by atoms with van der Waals surface area (Å²) in [6.07, 6.45) is 0.00891. The first kappa shape index (κ1) is 17.9. The third-order valence-corrected chi connectivity index (χ3v) is 3.47. The van der Waals surface area contributed by atoms with Crippen molar-refractivity contribution in [1.29, 1.82) is 0 Å². The molecule has 0 saturated heterocycles. The number of hydrogen-bond donors (Lipinski definition) is 4. The lowest BCUT2D eigenvalue weighted by Gasteiger charge is -2.19. The molecule has 8 nitrogen and oxygen atoms in total. The molecule has 1 fully saturated rings. The van der Waals surface area contributed by atoms with Crippen molar-refractivity contribution in [2.75, 3.05) is 11.6 Å². The van der Waals surface area contributed by atoms with E-state index >= 15 is 0 Å². The molecule has 5 N–H and O–H groups in total. The van der Waals surface area contributed by atoms with Gasteiger partial charge in [0.1, 0.15) is 5.54 Å². The zero-order chi connectivity index (χ0) is 15.6. The molecule has 22 heavy (non-hydrogen) atoms. The van der Waals surface area contributed by atoms with Crippen molar-refractivity contribution in [3.05, 3.63) is 30.3 Å².